The Morgan fingerprint density at radius 3 is 2.68 bits per heavy atom. The number of hydrogen-bond acceptors (Lipinski definition) is 6. The molecule has 0 aliphatic rings. The van der Waals surface area contributed by atoms with Gasteiger partial charge in [-0.2, -0.15) is 0 Å². The number of ether oxygens (including phenoxy) is 1. The van der Waals surface area contributed by atoms with Crippen LogP contribution in [0.2, 0.25) is 0 Å². The average Bonchev–Trinajstić information content (AvgIpc) is 3.41. The molecule has 1 N–H and O–H groups in total. The van der Waals surface area contributed by atoms with Crippen molar-refractivity contribution in [2.24, 2.45) is 0 Å². The zero-order chi connectivity index (χ0) is 21.4. The fourth-order valence-corrected chi connectivity index (χ4v) is 3.50. The zero-order valence-corrected chi connectivity index (χ0v) is 16.4. The third-order valence-electron chi connectivity index (χ3n) is 5.00. The standard InChI is InChI=1S/C23H16N4O4/c1-30-17-6-4-16(5-7-17)27-13-19(15-3-8-20-21(11-15)26-31-25-20)18-10-14(2-9-22(28)29)12-24-23(18)27/h2-13H,1H3,(H,28,29)/b9-2+. The Morgan fingerprint density at radius 2 is 1.90 bits per heavy atom. The number of hydrogen-bond donors (Lipinski definition) is 1. The Kier molecular flexibility index (Phi) is 4.44. The van der Waals surface area contributed by atoms with Gasteiger partial charge in [0, 0.05) is 35.1 Å². The third-order valence-corrected chi connectivity index (χ3v) is 5.00. The van der Waals surface area contributed by atoms with Crippen LogP contribution in [0.4, 0.5) is 0 Å². The van der Waals surface area contributed by atoms with E-state index < -0.39 is 5.97 Å². The Hall–Kier alpha value is -4.46. The molecule has 0 spiro atoms. The molecule has 8 nitrogen and oxygen atoms in total. The average molecular weight is 412 g/mol. The predicted molar refractivity (Wildman–Crippen MR) is 115 cm³/mol. The van der Waals surface area contributed by atoms with Crippen LogP contribution in [0.15, 0.2) is 71.6 Å². The highest BCUT2D eigenvalue weighted by atomic mass is 16.6. The van der Waals surface area contributed by atoms with Gasteiger partial charge in [-0.05, 0) is 70.0 Å². The maximum atomic E-state index is 10.9. The molecule has 2 aromatic carbocycles. The van der Waals surface area contributed by atoms with Gasteiger partial charge in [0.15, 0.2) is 0 Å². The molecule has 5 aromatic rings. The van der Waals surface area contributed by atoms with Crippen molar-refractivity contribution in [3.8, 4) is 22.6 Å². The number of rotatable bonds is 5. The Balaban J connectivity index is 1.72. The molecule has 3 aromatic heterocycles. The summed E-state index contributed by atoms with van der Waals surface area (Å²) in [6, 6.07) is 15.3. The first-order valence-electron chi connectivity index (χ1n) is 9.41. The van der Waals surface area contributed by atoms with Crippen LogP contribution in [0, 0.1) is 0 Å². The molecule has 0 atom stereocenters. The van der Waals surface area contributed by atoms with E-state index in [1.165, 1.54) is 6.08 Å². The van der Waals surface area contributed by atoms with E-state index in [0.29, 0.717) is 16.6 Å². The molecule has 31 heavy (non-hydrogen) atoms. The van der Waals surface area contributed by atoms with Crippen molar-refractivity contribution in [3.05, 3.63) is 72.6 Å². The number of carboxylic acids is 1. The van der Waals surface area contributed by atoms with Gasteiger partial charge in [-0.15, -0.1) is 0 Å². The van der Waals surface area contributed by atoms with Gasteiger partial charge < -0.3 is 14.4 Å². The Bertz CT molecular complexity index is 1450. The second kappa shape index (κ2) is 7.42. The Morgan fingerprint density at radius 1 is 1.10 bits per heavy atom. The second-order valence-electron chi connectivity index (χ2n) is 6.89. The molecular formula is C23H16N4O4. The first kappa shape index (κ1) is 18.6. The molecule has 0 aliphatic carbocycles. The van der Waals surface area contributed by atoms with Gasteiger partial charge >= 0.3 is 5.97 Å². The summed E-state index contributed by atoms with van der Waals surface area (Å²) >= 11 is 0. The summed E-state index contributed by atoms with van der Waals surface area (Å²) in [6.45, 7) is 0. The van der Waals surface area contributed by atoms with Crippen molar-refractivity contribution in [2.75, 3.05) is 7.11 Å². The number of carboxylic acid groups (broad SMARTS) is 1. The van der Waals surface area contributed by atoms with Crippen LogP contribution in [-0.4, -0.2) is 38.1 Å². The molecule has 3 heterocycles. The molecule has 0 fully saturated rings. The lowest BCUT2D eigenvalue weighted by atomic mass is 10.0. The molecule has 0 aliphatic heterocycles. The van der Waals surface area contributed by atoms with Gasteiger partial charge in [-0.25, -0.2) is 14.4 Å². The first-order valence-corrected chi connectivity index (χ1v) is 9.41. The van der Waals surface area contributed by atoms with Crippen LogP contribution in [0.1, 0.15) is 5.56 Å². The fourth-order valence-electron chi connectivity index (χ4n) is 3.50. The van der Waals surface area contributed by atoms with E-state index in [1.54, 1.807) is 13.3 Å². The molecule has 0 amide bonds. The smallest absolute Gasteiger partial charge is 0.328 e. The number of fused-ring (bicyclic) bond motifs is 2. The summed E-state index contributed by atoms with van der Waals surface area (Å²) in [5, 5.41) is 17.6. The van der Waals surface area contributed by atoms with Crippen LogP contribution >= 0.6 is 0 Å². The van der Waals surface area contributed by atoms with Crippen molar-refractivity contribution in [3.63, 3.8) is 0 Å². The fraction of sp³-hybridized carbons (Fsp3) is 0.0435. The number of aromatic nitrogens is 4. The number of benzene rings is 2. The monoisotopic (exact) mass is 412 g/mol. The van der Waals surface area contributed by atoms with Gasteiger partial charge in [0.2, 0.25) is 0 Å². The molecular weight excluding hydrogens is 396 g/mol. The zero-order valence-electron chi connectivity index (χ0n) is 16.4. The van der Waals surface area contributed by atoms with Crippen LogP contribution in [-0.2, 0) is 4.79 Å². The maximum Gasteiger partial charge on any atom is 0.328 e. The van der Waals surface area contributed by atoms with E-state index in [4.69, 9.17) is 14.5 Å². The summed E-state index contributed by atoms with van der Waals surface area (Å²) in [4.78, 5) is 15.5. The number of aliphatic carboxylic acids is 1. The lowest BCUT2D eigenvalue weighted by molar-refractivity contribution is -0.131. The SMILES string of the molecule is COc1ccc(-n2cc(-c3ccc4nonc4c3)c3cc(/C=C/C(=O)O)cnc32)cc1. The van der Waals surface area contributed by atoms with Crippen LogP contribution in [0.5, 0.6) is 5.75 Å². The normalized spacial score (nSPS) is 11.5. The maximum absolute atomic E-state index is 10.9. The minimum Gasteiger partial charge on any atom is -0.497 e. The van der Waals surface area contributed by atoms with E-state index in [0.717, 1.165) is 39.7 Å². The minimum absolute atomic E-state index is 0.651. The van der Waals surface area contributed by atoms with E-state index >= 15 is 0 Å². The second-order valence-corrected chi connectivity index (χ2v) is 6.89. The van der Waals surface area contributed by atoms with Crippen molar-refractivity contribution in [2.45, 2.75) is 0 Å². The first-order chi connectivity index (χ1) is 15.1. The van der Waals surface area contributed by atoms with Gasteiger partial charge in [0.05, 0.1) is 7.11 Å². The summed E-state index contributed by atoms with van der Waals surface area (Å²) in [5.74, 6) is -0.251. The Labute approximate surface area is 176 Å². The van der Waals surface area contributed by atoms with Crippen molar-refractivity contribution >= 4 is 34.1 Å². The van der Waals surface area contributed by atoms with Gasteiger partial charge in [0.25, 0.3) is 0 Å². The van der Waals surface area contributed by atoms with Gasteiger partial charge in [-0.1, -0.05) is 6.07 Å². The molecule has 8 heteroatoms. The lowest BCUT2D eigenvalue weighted by Gasteiger charge is -2.06. The summed E-state index contributed by atoms with van der Waals surface area (Å²) < 4.78 is 12.1. The molecule has 5 rings (SSSR count). The number of methoxy groups -OCH3 is 1. The predicted octanol–water partition coefficient (Wildman–Crippen LogP) is 4.34. The van der Waals surface area contributed by atoms with E-state index in [9.17, 15) is 4.79 Å². The highest BCUT2D eigenvalue weighted by Gasteiger charge is 2.15. The van der Waals surface area contributed by atoms with E-state index in [-0.39, 0.29) is 0 Å². The lowest BCUT2D eigenvalue weighted by Crippen LogP contribution is -1.94. The van der Waals surface area contributed by atoms with E-state index in [1.807, 2.05) is 59.3 Å². The number of nitrogens with zero attached hydrogens (tertiary/aromatic N) is 4. The molecule has 152 valence electrons. The third kappa shape index (κ3) is 3.40. The topological polar surface area (TPSA) is 103 Å². The van der Waals surface area contributed by atoms with Crippen LogP contribution in [0.3, 0.4) is 0 Å². The highest BCUT2D eigenvalue weighted by molar-refractivity contribution is 5.98. The molecule has 0 unspecified atom stereocenters. The van der Waals surface area contributed by atoms with Gasteiger partial charge in [-0.3, -0.25) is 0 Å². The van der Waals surface area contributed by atoms with Crippen LogP contribution in [0.25, 0.3) is 45.0 Å². The van der Waals surface area contributed by atoms with Gasteiger partial charge in [0.1, 0.15) is 22.4 Å². The molecule has 0 bridgehead atoms. The number of pyridine rings is 1. The number of carbonyl (C=O) groups is 1. The largest absolute Gasteiger partial charge is 0.497 e. The quantitative estimate of drug-likeness (QED) is 0.428. The highest BCUT2D eigenvalue weighted by Crippen LogP contribution is 2.34. The summed E-state index contributed by atoms with van der Waals surface area (Å²) in [7, 11) is 1.63. The summed E-state index contributed by atoms with van der Waals surface area (Å²) in [6.07, 6.45) is 6.26. The van der Waals surface area contributed by atoms with Crippen LogP contribution < -0.4 is 4.74 Å². The molecule has 0 saturated heterocycles. The van der Waals surface area contributed by atoms with Crippen molar-refractivity contribution in [1.82, 2.24) is 19.9 Å². The van der Waals surface area contributed by atoms with Crippen molar-refractivity contribution in [1.29, 1.82) is 0 Å². The summed E-state index contributed by atoms with van der Waals surface area (Å²) in [5.41, 5.74) is 5.51. The molecule has 0 saturated carbocycles. The molecule has 0 radical (unpaired) electrons. The van der Waals surface area contributed by atoms with E-state index in [2.05, 4.69) is 15.3 Å². The minimum atomic E-state index is -1.01. The van der Waals surface area contributed by atoms with Crippen molar-refractivity contribution < 1.29 is 19.3 Å².